The SMILES string of the molecule is C=Cc1cc(-c2ccc(C)cc2)ccc1C. The smallest absolute Gasteiger partial charge is 0.0178 e. The number of hydrogen-bond acceptors (Lipinski definition) is 0. The van der Waals surface area contributed by atoms with Crippen LogP contribution in [0, 0.1) is 13.8 Å². The van der Waals surface area contributed by atoms with Crippen molar-refractivity contribution in [2.24, 2.45) is 0 Å². The van der Waals surface area contributed by atoms with Crippen molar-refractivity contribution in [3.8, 4) is 11.1 Å². The lowest BCUT2D eigenvalue weighted by atomic mass is 9.99. The molecule has 0 N–H and O–H groups in total. The van der Waals surface area contributed by atoms with Crippen molar-refractivity contribution in [1.29, 1.82) is 0 Å². The van der Waals surface area contributed by atoms with E-state index < -0.39 is 0 Å². The highest BCUT2D eigenvalue weighted by molar-refractivity contribution is 5.68. The summed E-state index contributed by atoms with van der Waals surface area (Å²) in [5, 5.41) is 0. The molecule has 0 heteroatoms. The average molecular weight is 208 g/mol. The van der Waals surface area contributed by atoms with Gasteiger partial charge in [0.25, 0.3) is 0 Å². The van der Waals surface area contributed by atoms with Crippen LogP contribution in [-0.4, -0.2) is 0 Å². The minimum absolute atomic E-state index is 1.21. The summed E-state index contributed by atoms with van der Waals surface area (Å²) < 4.78 is 0. The molecule has 0 aliphatic heterocycles. The number of aryl methyl sites for hydroxylation is 2. The second kappa shape index (κ2) is 4.36. The van der Waals surface area contributed by atoms with Gasteiger partial charge in [0.05, 0.1) is 0 Å². The summed E-state index contributed by atoms with van der Waals surface area (Å²) in [5.74, 6) is 0. The highest BCUT2D eigenvalue weighted by Gasteiger charge is 1.99. The van der Waals surface area contributed by atoms with Crippen molar-refractivity contribution in [2.75, 3.05) is 0 Å². The third kappa shape index (κ3) is 2.06. The van der Waals surface area contributed by atoms with Crippen LogP contribution in [0.1, 0.15) is 16.7 Å². The molecule has 0 aliphatic rings. The maximum absolute atomic E-state index is 3.84. The van der Waals surface area contributed by atoms with Crippen LogP contribution in [-0.2, 0) is 0 Å². The maximum atomic E-state index is 3.84. The zero-order chi connectivity index (χ0) is 11.5. The lowest BCUT2D eigenvalue weighted by Gasteiger charge is -2.06. The van der Waals surface area contributed by atoms with E-state index in [9.17, 15) is 0 Å². The molecule has 0 nitrogen and oxygen atoms in total. The second-order valence-electron chi connectivity index (χ2n) is 4.14. The predicted molar refractivity (Wildman–Crippen MR) is 71.4 cm³/mol. The molecule has 80 valence electrons. The van der Waals surface area contributed by atoms with Gasteiger partial charge in [-0.05, 0) is 42.2 Å². The Labute approximate surface area is 97.3 Å². The van der Waals surface area contributed by atoms with Crippen molar-refractivity contribution >= 4 is 6.08 Å². The van der Waals surface area contributed by atoms with Gasteiger partial charge in [0.2, 0.25) is 0 Å². The van der Waals surface area contributed by atoms with E-state index in [0.29, 0.717) is 0 Å². The van der Waals surface area contributed by atoms with E-state index in [1.165, 1.54) is 27.8 Å². The molecule has 0 atom stereocenters. The first kappa shape index (κ1) is 10.7. The molecular formula is C16H16. The minimum atomic E-state index is 1.21. The van der Waals surface area contributed by atoms with Crippen LogP contribution in [0.3, 0.4) is 0 Å². The van der Waals surface area contributed by atoms with E-state index in [4.69, 9.17) is 0 Å². The monoisotopic (exact) mass is 208 g/mol. The van der Waals surface area contributed by atoms with E-state index in [0.717, 1.165) is 0 Å². The molecule has 0 fully saturated rings. The van der Waals surface area contributed by atoms with E-state index in [-0.39, 0.29) is 0 Å². The molecule has 16 heavy (non-hydrogen) atoms. The molecule has 0 aliphatic carbocycles. The first-order valence-corrected chi connectivity index (χ1v) is 5.51. The van der Waals surface area contributed by atoms with Crippen LogP contribution in [0.15, 0.2) is 49.0 Å². The highest BCUT2D eigenvalue weighted by Crippen LogP contribution is 2.23. The fourth-order valence-electron chi connectivity index (χ4n) is 1.79. The van der Waals surface area contributed by atoms with Gasteiger partial charge in [-0.3, -0.25) is 0 Å². The van der Waals surface area contributed by atoms with Gasteiger partial charge >= 0.3 is 0 Å². The van der Waals surface area contributed by atoms with Crippen molar-refractivity contribution in [3.63, 3.8) is 0 Å². The molecule has 2 rings (SSSR count). The zero-order valence-electron chi connectivity index (χ0n) is 9.83. The largest absolute Gasteiger partial charge is 0.0985 e. The molecule has 0 saturated carbocycles. The van der Waals surface area contributed by atoms with Gasteiger partial charge in [0.15, 0.2) is 0 Å². The van der Waals surface area contributed by atoms with E-state index in [1.54, 1.807) is 0 Å². The normalized spacial score (nSPS) is 10.1. The van der Waals surface area contributed by atoms with Gasteiger partial charge in [-0.2, -0.15) is 0 Å². The predicted octanol–water partition coefficient (Wildman–Crippen LogP) is 4.61. The van der Waals surface area contributed by atoms with Gasteiger partial charge in [0, 0.05) is 0 Å². The van der Waals surface area contributed by atoms with Crippen molar-refractivity contribution in [1.82, 2.24) is 0 Å². The van der Waals surface area contributed by atoms with Crippen molar-refractivity contribution in [2.45, 2.75) is 13.8 Å². The summed E-state index contributed by atoms with van der Waals surface area (Å²) in [7, 11) is 0. The van der Waals surface area contributed by atoms with E-state index in [2.05, 4.69) is 62.9 Å². The molecule has 2 aromatic rings. The molecule has 0 unspecified atom stereocenters. The third-order valence-corrected chi connectivity index (χ3v) is 2.88. The Bertz CT molecular complexity index is 504. The second-order valence-corrected chi connectivity index (χ2v) is 4.14. The molecule has 0 heterocycles. The molecule has 0 bridgehead atoms. The molecule has 0 radical (unpaired) electrons. The van der Waals surface area contributed by atoms with Crippen LogP contribution in [0.2, 0.25) is 0 Å². The van der Waals surface area contributed by atoms with Gasteiger partial charge in [-0.25, -0.2) is 0 Å². The van der Waals surface area contributed by atoms with Crippen LogP contribution >= 0.6 is 0 Å². The first-order valence-electron chi connectivity index (χ1n) is 5.51. The van der Waals surface area contributed by atoms with Gasteiger partial charge in [-0.15, -0.1) is 0 Å². The fraction of sp³-hybridized carbons (Fsp3) is 0.125. The standard InChI is InChI=1S/C16H16/c1-4-14-11-16(10-7-13(14)3)15-8-5-12(2)6-9-15/h4-11H,1H2,2-3H3. The molecule has 2 aromatic carbocycles. The Kier molecular flexibility index (Phi) is 2.91. The fourth-order valence-corrected chi connectivity index (χ4v) is 1.79. The Morgan fingerprint density at radius 2 is 1.50 bits per heavy atom. The van der Waals surface area contributed by atoms with Crippen LogP contribution in [0.25, 0.3) is 17.2 Å². The first-order chi connectivity index (χ1) is 7.70. The van der Waals surface area contributed by atoms with Gasteiger partial charge < -0.3 is 0 Å². The number of rotatable bonds is 2. The lowest BCUT2D eigenvalue weighted by Crippen LogP contribution is -1.83. The molecular weight excluding hydrogens is 192 g/mol. The number of hydrogen-bond donors (Lipinski definition) is 0. The quantitative estimate of drug-likeness (QED) is 0.676. The topological polar surface area (TPSA) is 0 Å². The Morgan fingerprint density at radius 1 is 0.875 bits per heavy atom. The third-order valence-electron chi connectivity index (χ3n) is 2.88. The summed E-state index contributed by atoms with van der Waals surface area (Å²) in [4.78, 5) is 0. The van der Waals surface area contributed by atoms with Gasteiger partial charge in [-0.1, -0.05) is 54.6 Å². The Balaban J connectivity index is 2.48. The Hall–Kier alpha value is -1.82. The molecule has 0 aromatic heterocycles. The van der Waals surface area contributed by atoms with Crippen LogP contribution < -0.4 is 0 Å². The molecule has 0 amide bonds. The summed E-state index contributed by atoms with van der Waals surface area (Å²) >= 11 is 0. The van der Waals surface area contributed by atoms with Crippen LogP contribution in [0.5, 0.6) is 0 Å². The maximum Gasteiger partial charge on any atom is -0.0178 e. The van der Waals surface area contributed by atoms with E-state index in [1.807, 2.05) is 6.08 Å². The summed E-state index contributed by atoms with van der Waals surface area (Å²) in [6.45, 7) is 8.05. The summed E-state index contributed by atoms with van der Waals surface area (Å²) in [5.41, 5.74) is 6.28. The Morgan fingerprint density at radius 3 is 2.12 bits per heavy atom. The summed E-state index contributed by atoms with van der Waals surface area (Å²) in [6.07, 6.45) is 1.91. The molecule has 0 spiro atoms. The minimum Gasteiger partial charge on any atom is -0.0985 e. The number of benzene rings is 2. The average Bonchev–Trinajstić information content (AvgIpc) is 2.31. The summed E-state index contributed by atoms with van der Waals surface area (Å²) in [6, 6.07) is 15.1. The van der Waals surface area contributed by atoms with Crippen LogP contribution in [0.4, 0.5) is 0 Å². The van der Waals surface area contributed by atoms with Crippen molar-refractivity contribution in [3.05, 3.63) is 65.7 Å². The highest BCUT2D eigenvalue weighted by atomic mass is 14.0. The van der Waals surface area contributed by atoms with E-state index >= 15 is 0 Å². The molecule has 0 saturated heterocycles. The lowest BCUT2D eigenvalue weighted by molar-refractivity contribution is 1.43. The zero-order valence-corrected chi connectivity index (χ0v) is 9.83. The van der Waals surface area contributed by atoms with Crippen molar-refractivity contribution < 1.29 is 0 Å². The van der Waals surface area contributed by atoms with Gasteiger partial charge in [0.1, 0.15) is 0 Å².